The molecule has 2 N–H and O–H groups in total. The Bertz CT molecular complexity index is 1990. The number of carbonyl (C=O) groups is 2. The van der Waals surface area contributed by atoms with Crippen molar-refractivity contribution in [2.45, 2.75) is 25.9 Å². The zero-order valence-electron chi connectivity index (χ0n) is 25.1. The molecule has 0 aliphatic rings. The first-order valence-electron chi connectivity index (χ1n) is 15.3. The number of amides is 2. The number of fused-ring (bicyclic) bond motifs is 6. The van der Waals surface area contributed by atoms with E-state index in [1.165, 1.54) is 21.5 Å². The largest absolute Gasteiger partial charge is 0.340 e. The average Bonchev–Trinajstić information content (AvgIpc) is 3.59. The highest BCUT2D eigenvalue weighted by molar-refractivity contribution is 6.09. The summed E-state index contributed by atoms with van der Waals surface area (Å²) in [6.45, 7) is 1.11. The molecular formula is C38H32N6O2. The minimum absolute atomic E-state index is 0.157. The molecule has 0 aliphatic heterocycles. The van der Waals surface area contributed by atoms with Crippen LogP contribution in [0.25, 0.3) is 43.6 Å². The predicted molar refractivity (Wildman–Crippen MR) is 186 cm³/mol. The number of benzene rings is 5. The number of hydrogen-bond acceptors (Lipinski definition) is 4. The quantitative estimate of drug-likeness (QED) is 0.130. The molecule has 0 saturated carbocycles. The van der Waals surface area contributed by atoms with Gasteiger partial charge in [-0.3, -0.25) is 9.59 Å². The van der Waals surface area contributed by atoms with Gasteiger partial charge in [-0.15, -0.1) is 0 Å². The van der Waals surface area contributed by atoms with Crippen LogP contribution in [0.1, 0.15) is 24.0 Å². The molecule has 0 radical (unpaired) electrons. The van der Waals surface area contributed by atoms with Crippen molar-refractivity contribution >= 4 is 67.9 Å². The fourth-order valence-electron chi connectivity index (χ4n) is 6.05. The highest BCUT2D eigenvalue weighted by atomic mass is 16.2. The Morgan fingerprint density at radius 3 is 1.11 bits per heavy atom. The average molecular weight is 605 g/mol. The lowest BCUT2D eigenvalue weighted by Gasteiger charge is -2.07. The molecule has 0 spiro atoms. The number of nitrogens with zero attached hydrogens (tertiary/aromatic N) is 4. The van der Waals surface area contributed by atoms with Crippen LogP contribution in [-0.4, -0.2) is 33.4 Å². The van der Waals surface area contributed by atoms with E-state index < -0.39 is 0 Å². The maximum Gasteiger partial charge on any atom is 0.241 e. The first-order valence-corrected chi connectivity index (χ1v) is 15.3. The third-order valence-corrected chi connectivity index (χ3v) is 8.23. The van der Waals surface area contributed by atoms with E-state index in [4.69, 9.17) is 0 Å². The van der Waals surface area contributed by atoms with Gasteiger partial charge in [0.2, 0.25) is 11.8 Å². The monoisotopic (exact) mass is 604 g/mol. The predicted octanol–water partition coefficient (Wildman–Crippen LogP) is 6.98. The number of rotatable bonds is 10. The van der Waals surface area contributed by atoms with Crippen molar-refractivity contribution in [2.75, 3.05) is 0 Å². The number of hydrogen-bond donors (Lipinski definition) is 2. The molecule has 2 heterocycles. The first kappa shape index (κ1) is 28.7. The van der Waals surface area contributed by atoms with Gasteiger partial charge in [0.1, 0.15) is 0 Å². The zero-order chi connectivity index (χ0) is 31.3. The smallest absolute Gasteiger partial charge is 0.241 e. The van der Waals surface area contributed by atoms with E-state index >= 15 is 0 Å². The first-order chi connectivity index (χ1) is 22.7. The maximum atomic E-state index is 12.6. The molecule has 0 unspecified atom stereocenters. The molecule has 2 aromatic heterocycles. The molecule has 226 valence electrons. The fourth-order valence-corrected chi connectivity index (χ4v) is 6.05. The van der Waals surface area contributed by atoms with Gasteiger partial charge in [-0.2, -0.15) is 10.2 Å². The van der Waals surface area contributed by atoms with Crippen LogP contribution in [-0.2, 0) is 22.7 Å². The van der Waals surface area contributed by atoms with Gasteiger partial charge >= 0.3 is 0 Å². The van der Waals surface area contributed by atoms with Crippen LogP contribution in [0.2, 0.25) is 0 Å². The number of para-hydroxylation sites is 4. The third kappa shape index (κ3) is 5.88. The number of aromatic nitrogens is 2. The van der Waals surface area contributed by atoms with Crippen LogP contribution in [0.3, 0.4) is 0 Å². The molecule has 8 heteroatoms. The Morgan fingerprint density at radius 2 is 0.783 bits per heavy atom. The summed E-state index contributed by atoms with van der Waals surface area (Å²) in [7, 11) is 0. The van der Waals surface area contributed by atoms with Crippen molar-refractivity contribution in [3.63, 3.8) is 0 Å². The van der Waals surface area contributed by atoms with Gasteiger partial charge in [-0.1, -0.05) is 97.1 Å². The molecule has 0 fully saturated rings. The van der Waals surface area contributed by atoms with Gasteiger partial charge in [-0.05, 0) is 35.4 Å². The lowest BCUT2D eigenvalue weighted by atomic mass is 10.2. The molecular weight excluding hydrogens is 572 g/mol. The summed E-state index contributed by atoms with van der Waals surface area (Å²) in [5.41, 5.74) is 11.4. The molecule has 46 heavy (non-hydrogen) atoms. The highest BCUT2D eigenvalue weighted by Crippen LogP contribution is 2.30. The molecule has 0 aliphatic carbocycles. The van der Waals surface area contributed by atoms with E-state index in [2.05, 4.69) is 78.7 Å². The van der Waals surface area contributed by atoms with E-state index in [1.54, 1.807) is 12.4 Å². The molecule has 0 saturated heterocycles. The summed E-state index contributed by atoms with van der Waals surface area (Å²) >= 11 is 0. The maximum absolute atomic E-state index is 12.6. The highest BCUT2D eigenvalue weighted by Gasteiger charge is 2.12. The second kappa shape index (κ2) is 12.9. The van der Waals surface area contributed by atoms with E-state index in [1.807, 2.05) is 72.8 Å². The van der Waals surface area contributed by atoms with Crippen molar-refractivity contribution in [3.8, 4) is 0 Å². The minimum Gasteiger partial charge on any atom is -0.340 e. The molecule has 0 bridgehead atoms. The van der Waals surface area contributed by atoms with E-state index in [0.29, 0.717) is 25.9 Å². The lowest BCUT2D eigenvalue weighted by molar-refractivity contribution is -0.122. The summed E-state index contributed by atoms with van der Waals surface area (Å²) in [4.78, 5) is 25.1. The number of carbonyl (C=O) groups excluding carboxylic acids is 2. The Balaban J connectivity index is 0.892. The van der Waals surface area contributed by atoms with Crippen molar-refractivity contribution in [1.82, 2.24) is 20.0 Å². The number of nitrogens with one attached hydrogen (secondary N) is 2. The fraction of sp³-hybridized carbons (Fsp3) is 0.105. The molecule has 7 aromatic rings. The van der Waals surface area contributed by atoms with Crippen molar-refractivity contribution < 1.29 is 9.59 Å². The van der Waals surface area contributed by atoms with Gasteiger partial charge in [-0.25, -0.2) is 10.9 Å². The van der Waals surface area contributed by atoms with Crippen LogP contribution < -0.4 is 10.9 Å². The molecule has 5 aromatic carbocycles. The molecule has 7 rings (SSSR count). The Kier molecular flexibility index (Phi) is 8.07. The Morgan fingerprint density at radius 1 is 0.478 bits per heavy atom. The van der Waals surface area contributed by atoms with Crippen molar-refractivity contribution in [1.29, 1.82) is 0 Å². The lowest BCUT2D eigenvalue weighted by Crippen LogP contribution is -2.19. The number of hydrazone groups is 2. The third-order valence-electron chi connectivity index (χ3n) is 8.23. The summed E-state index contributed by atoms with van der Waals surface area (Å²) in [5.74, 6) is -0.313. The zero-order valence-corrected chi connectivity index (χ0v) is 25.1. The van der Waals surface area contributed by atoms with Crippen LogP contribution >= 0.6 is 0 Å². The van der Waals surface area contributed by atoms with Crippen molar-refractivity contribution in [2.24, 2.45) is 10.2 Å². The van der Waals surface area contributed by atoms with E-state index in [9.17, 15) is 9.59 Å². The minimum atomic E-state index is -0.157. The van der Waals surface area contributed by atoms with Gasteiger partial charge in [0.05, 0.1) is 12.4 Å². The summed E-state index contributed by atoms with van der Waals surface area (Å²) in [6, 6.07) is 40.5. The van der Waals surface area contributed by atoms with Crippen molar-refractivity contribution in [3.05, 3.63) is 132 Å². The summed E-state index contributed by atoms with van der Waals surface area (Å²) in [5, 5.41) is 13.0. The second-order valence-corrected chi connectivity index (χ2v) is 11.1. The van der Waals surface area contributed by atoms with Crippen LogP contribution in [0.4, 0.5) is 0 Å². The van der Waals surface area contributed by atoms with Gasteiger partial charge in [0.15, 0.2) is 0 Å². The van der Waals surface area contributed by atoms with E-state index in [0.717, 1.165) is 33.2 Å². The van der Waals surface area contributed by atoms with E-state index in [-0.39, 0.29) is 11.8 Å². The van der Waals surface area contributed by atoms with Crippen LogP contribution in [0, 0.1) is 0 Å². The SMILES string of the molecule is O=C(CCn1c2ccccc2c2ccccc21)N/N=C\c1ccc(/C=N\NC(=O)CCn2c3ccccc3c3ccccc32)cc1. The molecule has 0 atom stereocenters. The molecule has 2 amide bonds. The summed E-state index contributed by atoms with van der Waals surface area (Å²) < 4.78 is 4.37. The second-order valence-electron chi connectivity index (χ2n) is 11.1. The summed E-state index contributed by atoms with van der Waals surface area (Å²) in [6.07, 6.45) is 3.82. The Hall–Kier alpha value is -6.02. The standard InChI is InChI=1S/C38H32N6O2/c45-37(21-23-43-33-13-5-1-9-29(33)30-10-2-6-14-34(30)43)41-39-25-27-17-19-28(20-18-27)26-40-42-38(46)22-24-44-35-15-7-3-11-31(35)32-12-4-8-16-36(32)44/h1-20,25-26H,21-24H2,(H,41,45)(H,42,46)/b39-25-,40-26-. The number of aryl methyl sites for hydroxylation is 2. The van der Waals surface area contributed by atoms with Gasteiger partial charge < -0.3 is 9.13 Å². The van der Waals surface area contributed by atoms with Gasteiger partial charge in [0, 0.05) is 69.5 Å². The molecule has 8 nitrogen and oxygen atoms in total. The Labute approximate surface area is 265 Å². The van der Waals surface area contributed by atoms with Crippen LogP contribution in [0.15, 0.2) is 132 Å². The topological polar surface area (TPSA) is 92.8 Å². The normalized spacial score (nSPS) is 11.8. The van der Waals surface area contributed by atoms with Gasteiger partial charge in [0.25, 0.3) is 0 Å². The van der Waals surface area contributed by atoms with Crippen LogP contribution in [0.5, 0.6) is 0 Å².